The molecule has 6 heteroatoms. The molecule has 1 fully saturated rings. The van der Waals surface area contributed by atoms with E-state index in [0.29, 0.717) is 16.5 Å². The van der Waals surface area contributed by atoms with Gasteiger partial charge in [-0.05, 0) is 37.3 Å². The number of hydrogen-bond donors (Lipinski definition) is 1. The second kappa shape index (κ2) is 6.53. The van der Waals surface area contributed by atoms with Crippen molar-refractivity contribution in [1.82, 2.24) is 0 Å². The fraction of sp³-hybridized carbons (Fsp3) is 0.222. The molecule has 1 saturated heterocycles. The molecule has 0 saturated carbocycles. The van der Waals surface area contributed by atoms with Gasteiger partial charge in [-0.15, -0.1) is 0 Å². The third-order valence-corrected chi connectivity index (χ3v) is 4.23. The number of halogens is 1. The summed E-state index contributed by atoms with van der Waals surface area (Å²) >= 11 is 6.09. The van der Waals surface area contributed by atoms with Gasteiger partial charge in [-0.1, -0.05) is 29.3 Å². The minimum absolute atomic E-state index is 0.107. The molecule has 124 valence electrons. The van der Waals surface area contributed by atoms with E-state index in [1.807, 2.05) is 31.2 Å². The van der Waals surface area contributed by atoms with Crippen LogP contribution in [0.2, 0.25) is 5.02 Å². The van der Waals surface area contributed by atoms with Crippen LogP contribution in [0.5, 0.6) is 5.75 Å². The quantitative estimate of drug-likeness (QED) is 0.864. The first-order valence-electron chi connectivity index (χ1n) is 7.53. The molecule has 0 bridgehead atoms. The zero-order valence-corrected chi connectivity index (χ0v) is 14.1. The normalized spacial score (nSPS) is 17.3. The van der Waals surface area contributed by atoms with Crippen LogP contribution in [0.1, 0.15) is 12.0 Å². The first kappa shape index (κ1) is 16.3. The number of carbonyl (C=O) groups excluding carboxylic acids is 2. The first-order valence-corrected chi connectivity index (χ1v) is 7.91. The maximum atomic E-state index is 12.6. The number of carbonyl (C=O) groups is 2. The molecule has 0 radical (unpaired) electrons. The number of amides is 2. The molecule has 0 spiro atoms. The van der Waals surface area contributed by atoms with Gasteiger partial charge in [0.05, 0.1) is 24.2 Å². The van der Waals surface area contributed by atoms with Crippen molar-refractivity contribution >= 4 is 34.8 Å². The van der Waals surface area contributed by atoms with Crippen molar-refractivity contribution in [3.05, 3.63) is 53.1 Å². The Bertz CT molecular complexity index is 789. The number of nitrogens with one attached hydrogen (secondary N) is 1. The number of methoxy groups -OCH3 is 1. The van der Waals surface area contributed by atoms with Gasteiger partial charge in [0.1, 0.15) is 11.8 Å². The molecule has 5 nitrogen and oxygen atoms in total. The Kier molecular flexibility index (Phi) is 4.44. The van der Waals surface area contributed by atoms with Gasteiger partial charge in [-0.3, -0.25) is 9.59 Å². The number of nitrogens with zero attached hydrogens (tertiary/aromatic N) is 1. The summed E-state index contributed by atoms with van der Waals surface area (Å²) in [6.07, 6.45) is 0.107. The average Bonchev–Trinajstić information content (AvgIpc) is 2.83. The number of rotatable bonds is 4. The van der Waals surface area contributed by atoms with E-state index in [2.05, 4.69) is 5.32 Å². The number of anilines is 2. The number of benzene rings is 2. The summed E-state index contributed by atoms with van der Waals surface area (Å²) in [6.45, 7) is 1.99. The molecule has 2 aromatic carbocycles. The van der Waals surface area contributed by atoms with Gasteiger partial charge < -0.3 is 10.1 Å². The molecule has 1 aliphatic heterocycles. The van der Waals surface area contributed by atoms with Crippen molar-refractivity contribution in [2.24, 2.45) is 0 Å². The Hall–Kier alpha value is -2.53. The highest BCUT2D eigenvalue weighted by atomic mass is 35.5. The smallest absolute Gasteiger partial charge is 0.256 e. The lowest BCUT2D eigenvalue weighted by Gasteiger charge is -2.17. The van der Waals surface area contributed by atoms with Crippen LogP contribution >= 0.6 is 11.6 Å². The lowest BCUT2D eigenvalue weighted by Crippen LogP contribution is -2.34. The average molecular weight is 345 g/mol. The summed E-state index contributed by atoms with van der Waals surface area (Å²) in [7, 11) is 1.51. The summed E-state index contributed by atoms with van der Waals surface area (Å²) in [5.41, 5.74) is 2.38. The third-order valence-electron chi connectivity index (χ3n) is 3.93. The fourth-order valence-electron chi connectivity index (χ4n) is 2.66. The molecule has 1 N–H and O–H groups in total. The minimum Gasteiger partial charge on any atom is -0.495 e. The molecular weight excluding hydrogens is 328 g/mol. The predicted octanol–water partition coefficient (Wildman–Crippen LogP) is 3.40. The van der Waals surface area contributed by atoms with Gasteiger partial charge in [-0.25, -0.2) is 4.90 Å². The Labute approximate surface area is 145 Å². The highest BCUT2D eigenvalue weighted by Gasteiger charge is 2.39. The molecule has 1 atom stereocenters. The maximum Gasteiger partial charge on any atom is 0.256 e. The molecule has 2 aromatic rings. The van der Waals surface area contributed by atoms with Crippen LogP contribution in [-0.4, -0.2) is 25.0 Å². The van der Waals surface area contributed by atoms with Crippen molar-refractivity contribution in [3.63, 3.8) is 0 Å². The summed E-state index contributed by atoms with van der Waals surface area (Å²) in [5, 5.41) is 3.47. The lowest BCUT2D eigenvalue weighted by molar-refractivity contribution is -0.121. The van der Waals surface area contributed by atoms with Gasteiger partial charge in [0.25, 0.3) is 5.91 Å². The van der Waals surface area contributed by atoms with E-state index in [-0.39, 0.29) is 18.2 Å². The zero-order chi connectivity index (χ0) is 17.3. The van der Waals surface area contributed by atoms with Gasteiger partial charge in [0, 0.05) is 5.69 Å². The Balaban J connectivity index is 1.81. The summed E-state index contributed by atoms with van der Waals surface area (Å²) in [5.74, 6) is -0.0542. The van der Waals surface area contributed by atoms with E-state index in [1.165, 1.54) is 7.11 Å². The zero-order valence-electron chi connectivity index (χ0n) is 13.4. The van der Waals surface area contributed by atoms with Gasteiger partial charge in [0.15, 0.2) is 0 Å². The van der Waals surface area contributed by atoms with Crippen LogP contribution in [-0.2, 0) is 9.59 Å². The summed E-state index contributed by atoms with van der Waals surface area (Å²) in [4.78, 5) is 26.1. The van der Waals surface area contributed by atoms with Crippen LogP contribution in [0.25, 0.3) is 0 Å². The molecule has 0 aliphatic carbocycles. The molecular formula is C18H17ClN2O3. The number of ether oxygens (including phenoxy) is 1. The van der Waals surface area contributed by atoms with Crippen molar-refractivity contribution in [1.29, 1.82) is 0 Å². The molecule has 1 heterocycles. The molecule has 0 unspecified atom stereocenters. The second-order valence-electron chi connectivity index (χ2n) is 5.65. The Morgan fingerprint density at radius 3 is 2.50 bits per heavy atom. The first-order chi connectivity index (χ1) is 11.5. The highest BCUT2D eigenvalue weighted by Crippen LogP contribution is 2.32. The van der Waals surface area contributed by atoms with E-state index in [4.69, 9.17) is 16.3 Å². The minimum atomic E-state index is -0.582. The van der Waals surface area contributed by atoms with Crippen molar-refractivity contribution in [2.45, 2.75) is 19.4 Å². The maximum absolute atomic E-state index is 12.6. The second-order valence-corrected chi connectivity index (χ2v) is 6.06. The van der Waals surface area contributed by atoms with Crippen molar-refractivity contribution in [3.8, 4) is 5.75 Å². The number of imide groups is 1. The van der Waals surface area contributed by atoms with Crippen LogP contribution in [0.15, 0.2) is 42.5 Å². The van der Waals surface area contributed by atoms with E-state index in [0.717, 1.165) is 16.2 Å². The van der Waals surface area contributed by atoms with Crippen LogP contribution in [0, 0.1) is 6.92 Å². The fourth-order valence-corrected chi connectivity index (χ4v) is 2.91. The highest BCUT2D eigenvalue weighted by molar-refractivity contribution is 6.33. The van der Waals surface area contributed by atoms with Crippen LogP contribution in [0.4, 0.5) is 11.4 Å². The molecule has 3 rings (SSSR count). The molecule has 2 amide bonds. The van der Waals surface area contributed by atoms with E-state index < -0.39 is 6.04 Å². The standard InChI is InChI=1S/C18H17ClN2O3/c1-11-3-5-12(6-4-11)20-15-10-17(22)21(18(15)23)13-7-8-16(24-2)14(19)9-13/h3-9,15,20H,10H2,1-2H3/t15-/m1/s1. The van der Waals surface area contributed by atoms with Crippen LogP contribution < -0.4 is 15.0 Å². The van der Waals surface area contributed by atoms with Gasteiger partial charge in [-0.2, -0.15) is 0 Å². The topological polar surface area (TPSA) is 58.6 Å². The SMILES string of the molecule is COc1ccc(N2C(=O)C[C@@H](Nc3ccc(C)cc3)C2=O)cc1Cl. The number of hydrogen-bond acceptors (Lipinski definition) is 4. The van der Waals surface area contributed by atoms with E-state index >= 15 is 0 Å². The third kappa shape index (κ3) is 3.08. The van der Waals surface area contributed by atoms with Gasteiger partial charge >= 0.3 is 0 Å². The molecule has 1 aliphatic rings. The Morgan fingerprint density at radius 2 is 1.88 bits per heavy atom. The summed E-state index contributed by atoms with van der Waals surface area (Å²) < 4.78 is 5.09. The van der Waals surface area contributed by atoms with E-state index in [1.54, 1.807) is 18.2 Å². The Morgan fingerprint density at radius 1 is 1.17 bits per heavy atom. The summed E-state index contributed by atoms with van der Waals surface area (Å²) in [6, 6.07) is 11.9. The monoisotopic (exact) mass is 344 g/mol. The predicted molar refractivity (Wildman–Crippen MR) is 93.7 cm³/mol. The molecule has 0 aromatic heterocycles. The number of aryl methyl sites for hydroxylation is 1. The van der Waals surface area contributed by atoms with Crippen LogP contribution in [0.3, 0.4) is 0 Å². The van der Waals surface area contributed by atoms with Crippen molar-refractivity contribution in [2.75, 3.05) is 17.3 Å². The largest absolute Gasteiger partial charge is 0.495 e. The van der Waals surface area contributed by atoms with Gasteiger partial charge in [0.2, 0.25) is 5.91 Å². The lowest BCUT2D eigenvalue weighted by atomic mass is 10.2. The van der Waals surface area contributed by atoms with E-state index in [9.17, 15) is 9.59 Å². The molecule has 24 heavy (non-hydrogen) atoms. The van der Waals surface area contributed by atoms with Crippen molar-refractivity contribution < 1.29 is 14.3 Å².